The zero-order valence-electron chi connectivity index (χ0n) is 14.1. The third kappa shape index (κ3) is 4.23. The maximum absolute atomic E-state index is 12.3. The summed E-state index contributed by atoms with van der Waals surface area (Å²) in [6.45, 7) is 10.8. The molecule has 0 unspecified atom stereocenters. The fraction of sp³-hybridized carbons (Fsp3) is 0.529. The van der Waals surface area contributed by atoms with Crippen LogP contribution in [-0.2, 0) is 11.3 Å². The summed E-state index contributed by atoms with van der Waals surface area (Å²) in [4.78, 5) is 21.8. The Hall–Kier alpha value is -2.04. The van der Waals surface area contributed by atoms with E-state index in [2.05, 4.69) is 16.0 Å². The molecule has 5 heteroatoms. The van der Waals surface area contributed by atoms with Gasteiger partial charge < -0.3 is 14.6 Å². The number of aryl methyl sites for hydroxylation is 1. The summed E-state index contributed by atoms with van der Waals surface area (Å²) in [5, 5.41) is 0. The Morgan fingerprint density at radius 2 is 2.09 bits per heavy atom. The first-order valence-electron chi connectivity index (χ1n) is 7.71. The molecule has 1 amide bonds. The molecule has 0 aliphatic heterocycles. The van der Waals surface area contributed by atoms with Crippen molar-refractivity contribution >= 4 is 17.1 Å². The summed E-state index contributed by atoms with van der Waals surface area (Å²) < 4.78 is 5.46. The molecule has 1 heterocycles. The van der Waals surface area contributed by atoms with Crippen molar-refractivity contribution in [3.8, 4) is 0 Å². The Balaban J connectivity index is 2.16. The number of nitrogens with zero attached hydrogens (tertiary/aromatic N) is 2. The van der Waals surface area contributed by atoms with E-state index in [1.54, 1.807) is 4.90 Å². The van der Waals surface area contributed by atoms with Gasteiger partial charge in [0.15, 0.2) is 0 Å². The minimum atomic E-state index is -0.492. The maximum atomic E-state index is 12.3. The molecule has 120 valence electrons. The van der Waals surface area contributed by atoms with Gasteiger partial charge in [-0.1, -0.05) is 13.0 Å². The number of nitrogens with one attached hydrogen (secondary N) is 1. The Morgan fingerprint density at radius 3 is 2.73 bits per heavy atom. The molecule has 0 aliphatic rings. The zero-order chi connectivity index (χ0) is 16.3. The van der Waals surface area contributed by atoms with Crippen LogP contribution in [0.4, 0.5) is 4.79 Å². The highest BCUT2D eigenvalue weighted by molar-refractivity contribution is 5.76. The van der Waals surface area contributed by atoms with Crippen LogP contribution in [0.2, 0.25) is 0 Å². The van der Waals surface area contributed by atoms with Crippen LogP contribution < -0.4 is 0 Å². The number of imidazole rings is 1. The molecule has 2 rings (SSSR count). The third-order valence-electron chi connectivity index (χ3n) is 3.17. The first-order chi connectivity index (χ1) is 10.3. The standard InChI is InChI=1S/C17H25N3O2/c1-6-9-20(16(21)22-17(3,4)5)11-15-18-13-8-7-12(2)10-14(13)19-15/h7-8,10H,6,9,11H2,1-5H3,(H,18,19). The van der Waals surface area contributed by atoms with E-state index < -0.39 is 5.60 Å². The molecule has 0 atom stereocenters. The lowest BCUT2D eigenvalue weighted by Crippen LogP contribution is -2.37. The van der Waals surface area contributed by atoms with Gasteiger partial charge in [-0.3, -0.25) is 0 Å². The Kier molecular flexibility index (Phi) is 4.74. The number of fused-ring (bicyclic) bond motifs is 1. The van der Waals surface area contributed by atoms with Gasteiger partial charge in [-0.25, -0.2) is 9.78 Å². The van der Waals surface area contributed by atoms with Crippen LogP contribution in [0.15, 0.2) is 18.2 Å². The summed E-state index contributed by atoms with van der Waals surface area (Å²) in [5.74, 6) is 0.778. The number of benzene rings is 1. The summed E-state index contributed by atoms with van der Waals surface area (Å²) >= 11 is 0. The van der Waals surface area contributed by atoms with Crippen LogP contribution >= 0.6 is 0 Å². The number of ether oxygens (including phenoxy) is 1. The van der Waals surface area contributed by atoms with Gasteiger partial charge in [0.1, 0.15) is 11.4 Å². The fourth-order valence-corrected chi connectivity index (χ4v) is 2.26. The van der Waals surface area contributed by atoms with Gasteiger partial charge in [-0.15, -0.1) is 0 Å². The average molecular weight is 303 g/mol. The number of hydrogen-bond acceptors (Lipinski definition) is 3. The number of H-pyrrole nitrogens is 1. The first-order valence-corrected chi connectivity index (χ1v) is 7.71. The first kappa shape index (κ1) is 16.3. The molecule has 0 radical (unpaired) electrons. The van der Waals surface area contributed by atoms with Crippen molar-refractivity contribution in [2.24, 2.45) is 0 Å². The normalized spacial score (nSPS) is 11.7. The van der Waals surface area contributed by atoms with Crippen molar-refractivity contribution in [3.63, 3.8) is 0 Å². The number of rotatable bonds is 4. The molecule has 0 saturated carbocycles. The number of aromatic nitrogens is 2. The monoisotopic (exact) mass is 303 g/mol. The minimum Gasteiger partial charge on any atom is -0.444 e. The average Bonchev–Trinajstić information content (AvgIpc) is 2.77. The van der Waals surface area contributed by atoms with Gasteiger partial charge in [-0.05, 0) is 51.8 Å². The van der Waals surface area contributed by atoms with Gasteiger partial charge in [0.25, 0.3) is 0 Å². The van der Waals surface area contributed by atoms with Crippen molar-refractivity contribution in [2.45, 2.75) is 53.2 Å². The Labute approximate surface area is 131 Å². The number of carbonyl (C=O) groups excluding carboxylic acids is 1. The van der Waals surface area contributed by atoms with Gasteiger partial charge in [0.05, 0.1) is 17.6 Å². The number of amides is 1. The van der Waals surface area contributed by atoms with E-state index in [0.717, 1.165) is 23.3 Å². The lowest BCUT2D eigenvalue weighted by atomic mass is 10.2. The van der Waals surface area contributed by atoms with E-state index in [9.17, 15) is 4.79 Å². The number of hydrogen-bond donors (Lipinski definition) is 1. The highest BCUT2D eigenvalue weighted by Gasteiger charge is 2.22. The molecular formula is C17H25N3O2. The van der Waals surface area contributed by atoms with Gasteiger partial charge in [-0.2, -0.15) is 0 Å². The molecular weight excluding hydrogens is 278 g/mol. The summed E-state index contributed by atoms with van der Waals surface area (Å²) in [6, 6.07) is 6.08. The molecule has 1 N–H and O–H groups in total. The summed E-state index contributed by atoms with van der Waals surface area (Å²) in [7, 11) is 0. The van der Waals surface area contributed by atoms with Crippen LogP contribution in [0.5, 0.6) is 0 Å². The molecule has 5 nitrogen and oxygen atoms in total. The Morgan fingerprint density at radius 1 is 1.36 bits per heavy atom. The van der Waals surface area contributed by atoms with Crippen molar-refractivity contribution in [1.82, 2.24) is 14.9 Å². The SMILES string of the molecule is CCCN(Cc1nc2ccc(C)cc2[nH]1)C(=O)OC(C)(C)C. The number of aromatic amines is 1. The zero-order valence-corrected chi connectivity index (χ0v) is 14.1. The predicted octanol–water partition coefficient (Wildman–Crippen LogP) is 4.02. The van der Waals surface area contributed by atoms with Gasteiger partial charge >= 0.3 is 6.09 Å². The van der Waals surface area contributed by atoms with Crippen LogP contribution in [0, 0.1) is 6.92 Å². The molecule has 0 saturated heterocycles. The van der Waals surface area contributed by atoms with Crippen LogP contribution in [0.1, 0.15) is 45.5 Å². The smallest absolute Gasteiger partial charge is 0.410 e. The molecule has 0 aliphatic carbocycles. The second kappa shape index (κ2) is 6.38. The largest absolute Gasteiger partial charge is 0.444 e. The molecule has 2 aromatic rings. The summed E-state index contributed by atoms with van der Waals surface area (Å²) in [5.41, 5.74) is 2.60. The number of carbonyl (C=O) groups is 1. The molecule has 22 heavy (non-hydrogen) atoms. The highest BCUT2D eigenvalue weighted by atomic mass is 16.6. The van der Waals surface area contributed by atoms with Crippen LogP contribution in [0.25, 0.3) is 11.0 Å². The molecule has 1 aromatic carbocycles. The maximum Gasteiger partial charge on any atom is 0.410 e. The third-order valence-corrected chi connectivity index (χ3v) is 3.17. The Bertz CT molecular complexity index is 655. The minimum absolute atomic E-state index is 0.300. The highest BCUT2D eigenvalue weighted by Crippen LogP contribution is 2.16. The van der Waals surface area contributed by atoms with E-state index in [4.69, 9.17) is 4.74 Å². The van der Waals surface area contributed by atoms with Crippen LogP contribution in [0.3, 0.4) is 0 Å². The van der Waals surface area contributed by atoms with E-state index >= 15 is 0 Å². The lowest BCUT2D eigenvalue weighted by Gasteiger charge is -2.26. The van der Waals surface area contributed by atoms with E-state index in [1.165, 1.54) is 5.56 Å². The molecule has 1 aromatic heterocycles. The van der Waals surface area contributed by atoms with E-state index in [1.807, 2.05) is 46.8 Å². The van der Waals surface area contributed by atoms with E-state index in [-0.39, 0.29) is 6.09 Å². The van der Waals surface area contributed by atoms with Gasteiger partial charge in [0, 0.05) is 6.54 Å². The van der Waals surface area contributed by atoms with Crippen LogP contribution in [-0.4, -0.2) is 33.1 Å². The van der Waals surface area contributed by atoms with Gasteiger partial charge in [0.2, 0.25) is 0 Å². The van der Waals surface area contributed by atoms with Crippen molar-refractivity contribution in [2.75, 3.05) is 6.54 Å². The fourth-order valence-electron chi connectivity index (χ4n) is 2.26. The second-order valence-corrected chi connectivity index (χ2v) is 6.61. The molecule has 0 spiro atoms. The second-order valence-electron chi connectivity index (χ2n) is 6.61. The molecule has 0 bridgehead atoms. The quantitative estimate of drug-likeness (QED) is 0.928. The summed E-state index contributed by atoms with van der Waals surface area (Å²) in [6.07, 6.45) is 0.574. The van der Waals surface area contributed by atoms with Crippen molar-refractivity contribution in [3.05, 3.63) is 29.6 Å². The molecule has 0 fully saturated rings. The van der Waals surface area contributed by atoms with Crippen molar-refractivity contribution < 1.29 is 9.53 Å². The predicted molar refractivity (Wildman–Crippen MR) is 87.8 cm³/mol. The topological polar surface area (TPSA) is 58.2 Å². The van der Waals surface area contributed by atoms with Crippen molar-refractivity contribution in [1.29, 1.82) is 0 Å². The lowest BCUT2D eigenvalue weighted by molar-refractivity contribution is 0.0229. The van der Waals surface area contributed by atoms with E-state index in [0.29, 0.717) is 13.1 Å².